The molecule has 6 heteroatoms. The van der Waals surface area contributed by atoms with Gasteiger partial charge in [-0.2, -0.15) is 0 Å². The molecule has 0 saturated heterocycles. The second-order valence-electron chi connectivity index (χ2n) is 6.34. The molecule has 0 aromatic heterocycles. The minimum absolute atomic E-state index is 0.292. The molecule has 1 rings (SSSR count). The van der Waals surface area contributed by atoms with Crippen LogP contribution >= 0.6 is 0 Å². The monoisotopic (exact) mass is 366 g/mol. The zero-order valence-electron chi connectivity index (χ0n) is 16.9. The van der Waals surface area contributed by atoms with Crippen molar-refractivity contribution in [3.05, 3.63) is 29.6 Å². The van der Waals surface area contributed by atoms with Crippen LogP contribution in [0.2, 0.25) is 0 Å². The van der Waals surface area contributed by atoms with Crippen molar-refractivity contribution < 1.29 is 9.13 Å². The first kappa shape index (κ1) is 22.2. The molecule has 0 amide bonds. The van der Waals surface area contributed by atoms with Crippen molar-refractivity contribution in [1.29, 1.82) is 0 Å². The van der Waals surface area contributed by atoms with Crippen LogP contribution in [0.3, 0.4) is 0 Å². The van der Waals surface area contributed by atoms with Gasteiger partial charge < -0.3 is 20.3 Å². The van der Waals surface area contributed by atoms with Gasteiger partial charge in [-0.25, -0.2) is 4.39 Å². The minimum Gasteiger partial charge on any atom is -0.491 e. The van der Waals surface area contributed by atoms with Gasteiger partial charge in [-0.1, -0.05) is 19.9 Å². The highest BCUT2D eigenvalue weighted by atomic mass is 19.1. The molecule has 1 unspecified atom stereocenters. The molecule has 0 aliphatic heterocycles. The second-order valence-corrected chi connectivity index (χ2v) is 6.34. The predicted molar refractivity (Wildman–Crippen MR) is 107 cm³/mol. The molecule has 0 radical (unpaired) electrons. The molecular weight excluding hydrogens is 331 g/mol. The number of aliphatic imine (C=N–C) groups is 1. The zero-order chi connectivity index (χ0) is 19.4. The summed E-state index contributed by atoms with van der Waals surface area (Å²) in [6, 6.07) is 5.36. The number of hydrogen-bond acceptors (Lipinski definition) is 3. The lowest BCUT2D eigenvalue weighted by atomic mass is 10.1. The van der Waals surface area contributed by atoms with Crippen molar-refractivity contribution in [3.63, 3.8) is 0 Å². The van der Waals surface area contributed by atoms with E-state index in [1.807, 2.05) is 13.0 Å². The highest BCUT2D eigenvalue weighted by Crippen LogP contribution is 2.18. The maximum atomic E-state index is 13.9. The second kappa shape index (κ2) is 12.5. The number of rotatable bonds is 11. The largest absolute Gasteiger partial charge is 0.491 e. The number of benzene rings is 1. The topological polar surface area (TPSA) is 48.9 Å². The van der Waals surface area contributed by atoms with Gasteiger partial charge in [-0.05, 0) is 64.0 Å². The average Bonchev–Trinajstić information content (AvgIpc) is 2.64. The van der Waals surface area contributed by atoms with E-state index in [0.717, 1.165) is 44.0 Å². The van der Waals surface area contributed by atoms with Crippen molar-refractivity contribution in [2.45, 2.75) is 53.1 Å². The van der Waals surface area contributed by atoms with Gasteiger partial charge >= 0.3 is 0 Å². The lowest BCUT2D eigenvalue weighted by Crippen LogP contribution is -2.42. The van der Waals surface area contributed by atoms with Gasteiger partial charge in [0, 0.05) is 19.6 Å². The lowest BCUT2D eigenvalue weighted by molar-refractivity contribution is 0.292. The number of guanidine groups is 1. The van der Waals surface area contributed by atoms with E-state index in [0.29, 0.717) is 24.9 Å². The Morgan fingerprint density at radius 3 is 2.58 bits per heavy atom. The van der Waals surface area contributed by atoms with Gasteiger partial charge in [0.2, 0.25) is 0 Å². The van der Waals surface area contributed by atoms with Gasteiger partial charge in [0.15, 0.2) is 17.5 Å². The van der Waals surface area contributed by atoms with Gasteiger partial charge in [0.25, 0.3) is 0 Å². The molecule has 0 saturated carbocycles. The quantitative estimate of drug-likeness (QED) is 0.465. The van der Waals surface area contributed by atoms with Crippen LogP contribution in [0.1, 0.15) is 46.1 Å². The van der Waals surface area contributed by atoms with Crippen molar-refractivity contribution >= 4 is 5.96 Å². The summed E-state index contributed by atoms with van der Waals surface area (Å²) in [6.45, 7) is 12.7. The molecule has 1 aromatic carbocycles. The summed E-state index contributed by atoms with van der Waals surface area (Å²) in [5.41, 5.74) is 0.850. The van der Waals surface area contributed by atoms with Crippen molar-refractivity contribution in [2.75, 3.05) is 33.3 Å². The highest BCUT2D eigenvalue weighted by molar-refractivity contribution is 5.79. The van der Waals surface area contributed by atoms with E-state index < -0.39 is 0 Å². The first-order valence-electron chi connectivity index (χ1n) is 9.64. The molecule has 148 valence electrons. The Bertz CT molecular complexity index is 547. The molecule has 0 bridgehead atoms. The summed E-state index contributed by atoms with van der Waals surface area (Å²) in [5.74, 6) is 0.689. The van der Waals surface area contributed by atoms with E-state index in [2.05, 4.69) is 41.3 Å². The summed E-state index contributed by atoms with van der Waals surface area (Å²) in [5, 5.41) is 6.63. The third kappa shape index (κ3) is 8.04. The Morgan fingerprint density at radius 2 is 2.00 bits per heavy atom. The van der Waals surface area contributed by atoms with E-state index in [9.17, 15) is 4.39 Å². The van der Waals surface area contributed by atoms with Crippen LogP contribution < -0.4 is 15.4 Å². The van der Waals surface area contributed by atoms with E-state index in [-0.39, 0.29) is 5.82 Å². The van der Waals surface area contributed by atoms with Crippen LogP contribution in [0.5, 0.6) is 5.75 Å². The Morgan fingerprint density at radius 1 is 1.27 bits per heavy atom. The number of hydrogen-bond donors (Lipinski definition) is 2. The molecule has 5 nitrogen and oxygen atoms in total. The van der Waals surface area contributed by atoms with Crippen LogP contribution in [0.4, 0.5) is 4.39 Å². The van der Waals surface area contributed by atoms with Crippen molar-refractivity contribution in [3.8, 4) is 5.75 Å². The summed E-state index contributed by atoms with van der Waals surface area (Å²) < 4.78 is 19.1. The van der Waals surface area contributed by atoms with Gasteiger partial charge in [-0.3, -0.25) is 4.99 Å². The smallest absolute Gasteiger partial charge is 0.191 e. The first-order valence-corrected chi connectivity index (χ1v) is 9.64. The molecular formula is C20H35FN4O. The van der Waals surface area contributed by atoms with Gasteiger partial charge in [0.05, 0.1) is 6.61 Å². The third-order valence-electron chi connectivity index (χ3n) is 4.37. The molecule has 0 fully saturated rings. The standard InChI is InChI=1S/C20H35FN4O/c1-6-25(7-2)13-9-10-16(4)24-20(22-5)23-15-17-11-12-19(26-8-3)18(21)14-17/h11-12,14,16H,6-10,13,15H2,1-5H3,(H2,22,23,24). The zero-order valence-corrected chi connectivity index (χ0v) is 16.9. The molecule has 1 aromatic rings. The maximum Gasteiger partial charge on any atom is 0.191 e. The molecule has 26 heavy (non-hydrogen) atoms. The highest BCUT2D eigenvalue weighted by Gasteiger charge is 2.08. The Kier molecular flexibility index (Phi) is 10.7. The molecule has 2 N–H and O–H groups in total. The fourth-order valence-corrected chi connectivity index (χ4v) is 2.77. The number of halogens is 1. The number of nitrogens with zero attached hydrogens (tertiary/aromatic N) is 2. The number of nitrogens with one attached hydrogen (secondary N) is 2. The van der Waals surface area contributed by atoms with Gasteiger partial charge in [0.1, 0.15) is 0 Å². The first-order chi connectivity index (χ1) is 12.5. The fraction of sp³-hybridized carbons (Fsp3) is 0.650. The summed E-state index contributed by atoms with van der Waals surface area (Å²) in [4.78, 5) is 6.68. The molecule has 0 aliphatic rings. The average molecular weight is 367 g/mol. The summed E-state index contributed by atoms with van der Waals surface area (Å²) in [6.07, 6.45) is 2.23. The molecule has 0 aliphatic carbocycles. The van der Waals surface area contributed by atoms with E-state index >= 15 is 0 Å². The Hall–Kier alpha value is -1.82. The maximum absolute atomic E-state index is 13.9. The Labute approximate surface area is 158 Å². The van der Waals surface area contributed by atoms with Crippen molar-refractivity contribution in [1.82, 2.24) is 15.5 Å². The van der Waals surface area contributed by atoms with E-state index in [1.165, 1.54) is 6.07 Å². The fourth-order valence-electron chi connectivity index (χ4n) is 2.77. The van der Waals surface area contributed by atoms with Crippen LogP contribution in [0.15, 0.2) is 23.2 Å². The SMILES string of the molecule is CCOc1ccc(CNC(=NC)NC(C)CCCN(CC)CC)cc1F. The molecule has 1 atom stereocenters. The Balaban J connectivity index is 2.41. The predicted octanol–water partition coefficient (Wildman–Crippen LogP) is 3.40. The summed E-state index contributed by atoms with van der Waals surface area (Å²) in [7, 11) is 1.75. The lowest BCUT2D eigenvalue weighted by Gasteiger charge is -2.21. The minimum atomic E-state index is -0.334. The third-order valence-corrected chi connectivity index (χ3v) is 4.37. The normalized spacial score (nSPS) is 13.0. The van der Waals surface area contributed by atoms with Gasteiger partial charge in [-0.15, -0.1) is 0 Å². The van der Waals surface area contributed by atoms with Crippen LogP contribution in [0.25, 0.3) is 0 Å². The van der Waals surface area contributed by atoms with Crippen molar-refractivity contribution in [2.24, 2.45) is 4.99 Å². The molecule has 0 heterocycles. The summed E-state index contributed by atoms with van der Waals surface area (Å²) >= 11 is 0. The molecule has 0 spiro atoms. The van der Waals surface area contributed by atoms with Crippen LogP contribution in [-0.2, 0) is 6.54 Å². The number of ether oxygens (including phenoxy) is 1. The van der Waals surface area contributed by atoms with Crippen LogP contribution in [0, 0.1) is 5.82 Å². The van der Waals surface area contributed by atoms with E-state index in [1.54, 1.807) is 13.1 Å². The van der Waals surface area contributed by atoms with E-state index in [4.69, 9.17) is 4.74 Å². The van der Waals surface area contributed by atoms with Crippen LogP contribution in [-0.4, -0.2) is 50.2 Å².